The summed E-state index contributed by atoms with van der Waals surface area (Å²) in [6.07, 6.45) is 1.52. The second-order valence-corrected chi connectivity index (χ2v) is 11.5. The zero-order valence-corrected chi connectivity index (χ0v) is 12.7. The zero-order valence-electron chi connectivity index (χ0n) is 11.7. The number of fused-ring (bicyclic) bond motifs is 1. The fourth-order valence-corrected chi connectivity index (χ4v) is 3.34. The molecule has 2 rings (SSSR count). The molecular weight excluding hydrogens is 232 g/mol. The molecule has 0 aromatic heterocycles. The summed E-state index contributed by atoms with van der Waals surface area (Å²) in [5.41, 5.74) is 1.11. The normalized spacial score (nSPS) is 37.5. The molecule has 4 atom stereocenters. The van der Waals surface area contributed by atoms with Gasteiger partial charge >= 0.3 is 0 Å². The van der Waals surface area contributed by atoms with Crippen molar-refractivity contribution in [3.05, 3.63) is 11.6 Å². The quantitative estimate of drug-likeness (QED) is 0.469. The highest BCUT2D eigenvalue weighted by molar-refractivity contribution is 6.74. The Morgan fingerprint density at radius 2 is 1.88 bits per heavy atom. The Hall–Kier alpha value is -0.163. The van der Waals surface area contributed by atoms with Crippen LogP contribution in [-0.4, -0.2) is 37.8 Å². The van der Waals surface area contributed by atoms with Gasteiger partial charge in [0.2, 0.25) is 0 Å². The third-order valence-corrected chi connectivity index (χ3v) is 8.76. The molecule has 2 aliphatic rings. The smallest absolute Gasteiger partial charge is 0.193 e. The minimum Gasteiger partial charge on any atom is -0.408 e. The number of hydrogen-bond donors (Lipinski definition) is 1. The third kappa shape index (κ3) is 2.36. The number of epoxide rings is 1. The summed E-state index contributed by atoms with van der Waals surface area (Å²) >= 11 is 0. The minimum absolute atomic E-state index is 0.0338. The van der Waals surface area contributed by atoms with Gasteiger partial charge in [-0.05, 0) is 30.6 Å². The Bertz CT molecular complexity index is 343. The standard InChI is InChI=1S/C13H24O3Si/c1-8-7-9(14)11-12(15-11)10(8)16-17(5,6)13(2,3)4/h7,9-12,14H,1-6H3/t9-,10-,11+,12-/m0/s1. The molecule has 1 aliphatic heterocycles. The van der Waals surface area contributed by atoms with Gasteiger partial charge in [-0.3, -0.25) is 0 Å². The zero-order chi connectivity index (χ0) is 13.0. The molecule has 1 saturated heterocycles. The van der Waals surface area contributed by atoms with Gasteiger partial charge in [0.05, 0.1) is 6.10 Å². The van der Waals surface area contributed by atoms with Gasteiger partial charge in [-0.25, -0.2) is 0 Å². The van der Waals surface area contributed by atoms with Crippen molar-refractivity contribution in [2.24, 2.45) is 0 Å². The van der Waals surface area contributed by atoms with Gasteiger partial charge in [0.25, 0.3) is 0 Å². The maximum Gasteiger partial charge on any atom is 0.193 e. The van der Waals surface area contributed by atoms with Crippen molar-refractivity contribution in [3.63, 3.8) is 0 Å². The van der Waals surface area contributed by atoms with E-state index in [-0.39, 0.29) is 23.4 Å². The summed E-state index contributed by atoms with van der Waals surface area (Å²) in [5, 5.41) is 9.92. The van der Waals surface area contributed by atoms with Crippen molar-refractivity contribution >= 4 is 8.32 Å². The van der Waals surface area contributed by atoms with Crippen LogP contribution < -0.4 is 0 Å². The molecule has 0 bridgehead atoms. The first-order valence-corrected chi connectivity index (χ1v) is 9.24. The first kappa shape index (κ1) is 13.3. The fraction of sp³-hybridized carbons (Fsp3) is 0.846. The molecule has 3 nitrogen and oxygen atoms in total. The number of ether oxygens (including phenoxy) is 1. The van der Waals surface area contributed by atoms with Gasteiger partial charge < -0.3 is 14.3 Å². The molecule has 1 N–H and O–H groups in total. The van der Waals surface area contributed by atoms with E-state index in [0.29, 0.717) is 0 Å². The Kier molecular flexibility index (Phi) is 3.06. The number of hydrogen-bond acceptors (Lipinski definition) is 3. The van der Waals surface area contributed by atoms with Crippen LogP contribution in [0.15, 0.2) is 11.6 Å². The Balaban J connectivity index is 2.12. The average molecular weight is 256 g/mol. The van der Waals surface area contributed by atoms with Crippen molar-refractivity contribution < 1.29 is 14.3 Å². The van der Waals surface area contributed by atoms with Gasteiger partial charge in [-0.1, -0.05) is 26.8 Å². The van der Waals surface area contributed by atoms with Crippen LogP contribution in [0.3, 0.4) is 0 Å². The number of aliphatic hydroxyl groups is 1. The number of rotatable bonds is 2. The van der Waals surface area contributed by atoms with Crippen molar-refractivity contribution in [1.29, 1.82) is 0 Å². The second-order valence-electron chi connectivity index (χ2n) is 6.77. The van der Waals surface area contributed by atoms with E-state index < -0.39 is 14.4 Å². The van der Waals surface area contributed by atoms with Crippen LogP contribution in [-0.2, 0) is 9.16 Å². The summed E-state index contributed by atoms with van der Waals surface area (Å²) < 4.78 is 11.9. The van der Waals surface area contributed by atoms with E-state index in [0.717, 1.165) is 5.57 Å². The first-order valence-electron chi connectivity index (χ1n) is 6.33. The highest BCUT2D eigenvalue weighted by atomic mass is 28.4. The van der Waals surface area contributed by atoms with E-state index in [1.165, 1.54) is 0 Å². The minimum atomic E-state index is -1.77. The van der Waals surface area contributed by atoms with Crippen molar-refractivity contribution in [3.8, 4) is 0 Å². The van der Waals surface area contributed by atoms with E-state index >= 15 is 0 Å². The maximum atomic E-state index is 9.72. The van der Waals surface area contributed by atoms with Gasteiger partial charge in [-0.15, -0.1) is 0 Å². The lowest BCUT2D eigenvalue weighted by Gasteiger charge is -2.40. The summed E-state index contributed by atoms with van der Waals surface area (Å²) in [7, 11) is -1.77. The molecule has 1 heterocycles. The molecule has 98 valence electrons. The number of aliphatic hydroxyl groups excluding tert-OH is 1. The second kappa shape index (κ2) is 3.92. The molecular formula is C13H24O3Si. The molecule has 1 fully saturated rings. The van der Waals surface area contributed by atoms with Crippen LogP contribution in [0.25, 0.3) is 0 Å². The van der Waals surface area contributed by atoms with E-state index in [2.05, 4.69) is 33.9 Å². The predicted octanol–water partition coefficient (Wildman–Crippen LogP) is 2.47. The fourth-order valence-electron chi connectivity index (χ4n) is 2.03. The van der Waals surface area contributed by atoms with Gasteiger partial charge in [0.15, 0.2) is 8.32 Å². The molecule has 4 heteroatoms. The molecule has 0 saturated carbocycles. The van der Waals surface area contributed by atoms with Crippen LogP contribution >= 0.6 is 0 Å². The van der Waals surface area contributed by atoms with E-state index in [4.69, 9.17) is 9.16 Å². The molecule has 0 spiro atoms. The Labute approximate surface area is 105 Å². The first-order chi connectivity index (χ1) is 7.63. The molecule has 1 aliphatic carbocycles. The maximum absolute atomic E-state index is 9.72. The van der Waals surface area contributed by atoms with E-state index in [9.17, 15) is 5.11 Å². The molecule has 0 unspecified atom stereocenters. The SMILES string of the molecule is CC1=C[C@H](O)[C@H]2O[C@H]2[C@H]1O[Si](C)(C)C(C)(C)C. The monoisotopic (exact) mass is 256 g/mol. The Morgan fingerprint density at radius 3 is 2.41 bits per heavy atom. The lowest BCUT2D eigenvalue weighted by Crippen LogP contribution is -2.47. The molecule has 0 amide bonds. The summed E-state index contributed by atoms with van der Waals surface area (Å²) in [6.45, 7) is 13.2. The lowest BCUT2D eigenvalue weighted by atomic mass is 9.96. The van der Waals surface area contributed by atoms with Crippen LogP contribution in [0, 0.1) is 0 Å². The van der Waals surface area contributed by atoms with Crippen LogP contribution in [0.1, 0.15) is 27.7 Å². The Morgan fingerprint density at radius 1 is 1.29 bits per heavy atom. The predicted molar refractivity (Wildman–Crippen MR) is 70.5 cm³/mol. The van der Waals surface area contributed by atoms with Crippen molar-refractivity contribution in [2.75, 3.05) is 0 Å². The largest absolute Gasteiger partial charge is 0.408 e. The van der Waals surface area contributed by atoms with Gasteiger partial charge in [-0.2, -0.15) is 0 Å². The average Bonchev–Trinajstić information content (AvgIpc) is 2.89. The third-order valence-electron chi connectivity index (χ3n) is 4.31. The van der Waals surface area contributed by atoms with E-state index in [1.54, 1.807) is 0 Å². The van der Waals surface area contributed by atoms with Crippen LogP contribution in [0.2, 0.25) is 18.1 Å². The van der Waals surface area contributed by atoms with Crippen molar-refractivity contribution in [2.45, 2.75) is 70.2 Å². The highest BCUT2D eigenvalue weighted by Crippen LogP contribution is 2.43. The van der Waals surface area contributed by atoms with Crippen LogP contribution in [0.5, 0.6) is 0 Å². The van der Waals surface area contributed by atoms with Gasteiger partial charge in [0.1, 0.15) is 18.3 Å². The topological polar surface area (TPSA) is 42.0 Å². The summed E-state index contributed by atoms with van der Waals surface area (Å²) in [6, 6.07) is 0. The lowest BCUT2D eigenvalue weighted by molar-refractivity contribution is 0.167. The molecule has 0 radical (unpaired) electrons. The summed E-state index contributed by atoms with van der Waals surface area (Å²) in [5.74, 6) is 0. The van der Waals surface area contributed by atoms with Crippen molar-refractivity contribution in [1.82, 2.24) is 0 Å². The van der Waals surface area contributed by atoms with E-state index in [1.807, 2.05) is 13.0 Å². The molecule has 17 heavy (non-hydrogen) atoms. The highest BCUT2D eigenvalue weighted by Gasteiger charge is 2.54. The summed E-state index contributed by atoms with van der Waals surface area (Å²) in [4.78, 5) is 0. The molecule has 0 aromatic carbocycles. The molecule has 0 aromatic rings. The van der Waals surface area contributed by atoms with Crippen LogP contribution in [0.4, 0.5) is 0 Å². The van der Waals surface area contributed by atoms with Gasteiger partial charge in [0, 0.05) is 0 Å².